The molecule has 4 aromatic carbocycles. The standard InChI is InChI=1S/C32H32F2O/c1-3-5-6-7-8-23-9-11-26(12-10-23)29-21-22-30(32(34)31(29)33)27-15-13-24(14-16-27)25-17-19-28(20-18-25)35-4-2/h9-22H,3-8H2,1-2H3. The van der Waals surface area contributed by atoms with Crippen molar-refractivity contribution in [3.8, 4) is 39.1 Å². The van der Waals surface area contributed by atoms with Crippen LogP contribution in [0, 0.1) is 11.6 Å². The Labute approximate surface area is 207 Å². The van der Waals surface area contributed by atoms with E-state index in [9.17, 15) is 0 Å². The predicted octanol–water partition coefficient (Wildman–Crippen LogP) is 9.49. The van der Waals surface area contributed by atoms with Crippen molar-refractivity contribution in [3.05, 3.63) is 102 Å². The number of aryl methyl sites for hydroxylation is 1. The van der Waals surface area contributed by atoms with Crippen LogP contribution < -0.4 is 4.74 Å². The summed E-state index contributed by atoms with van der Waals surface area (Å²) in [5.41, 5.74) is 5.16. The van der Waals surface area contributed by atoms with E-state index in [1.54, 1.807) is 12.1 Å². The predicted molar refractivity (Wildman–Crippen MR) is 142 cm³/mol. The van der Waals surface area contributed by atoms with Crippen LogP contribution in [0.15, 0.2) is 84.9 Å². The molecule has 0 bridgehead atoms. The van der Waals surface area contributed by atoms with E-state index in [0.717, 1.165) is 29.7 Å². The molecule has 0 aromatic heterocycles. The Morgan fingerprint density at radius 3 is 1.54 bits per heavy atom. The molecule has 180 valence electrons. The van der Waals surface area contributed by atoms with E-state index in [2.05, 4.69) is 6.92 Å². The molecule has 3 heteroatoms. The van der Waals surface area contributed by atoms with E-state index in [4.69, 9.17) is 4.74 Å². The quantitative estimate of drug-likeness (QED) is 0.210. The van der Waals surface area contributed by atoms with Gasteiger partial charge in [0.1, 0.15) is 5.75 Å². The highest BCUT2D eigenvalue weighted by molar-refractivity contribution is 5.74. The zero-order valence-electron chi connectivity index (χ0n) is 20.5. The monoisotopic (exact) mass is 470 g/mol. The molecule has 0 saturated heterocycles. The minimum atomic E-state index is -0.819. The zero-order valence-corrected chi connectivity index (χ0v) is 20.5. The maximum atomic E-state index is 15.1. The summed E-state index contributed by atoms with van der Waals surface area (Å²) in [5.74, 6) is -0.805. The average molecular weight is 471 g/mol. The highest BCUT2D eigenvalue weighted by Crippen LogP contribution is 2.33. The minimum absolute atomic E-state index is 0.261. The fourth-order valence-electron chi connectivity index (χ4n) is 4.35. The van der Waals surface area contributed by atoms with Gasteiger partial charge in [0.15, 0.2) is 11.6 Å². The molecule has 4 rings (SSSR count). The highest BCUT2D eigenvalue weighted by Gasteiger charge is 2.16. The van der Waals surface area contributed by atoms with Gasteiger partial charge in [-0.05, 0) is 59.7 Å². The Bertz CT molecular complexity index is 1230. The van der Waals surface area contributed by atoms with Gasteiger partial charge in [0.05, 0.1) is 6.61 Å². The van der Waals surface area contributed by atoms with Gasteiger partial charge in [-0.15, -0.1) is 0 Å². The number of halogens is 2. The molecule has 0 fully saturated rings. The van der Waals surface area contributed by atoms with Crippen molar-refractivity contribution < 1.29 is 13.5 Å². The fraction of sp³-hybridized carbons (Fsp3) is 0.250. The van der Waals surface area contributed by atoms with E-state index < -0.39 is 11.6 Å². The molecule has 0 saturated carbocycles. The largest absolute Gasteiger partial charge is 0.494 e. The molecule has 0 N–H and O–H groups in total. The second-order valence-corrected chi connectivity index (χ2v) is 8.83. The van der Waals surface area contributed by atoms with Gasteiger partial charge in [0.2, 0.25) is 0 Å². The van der Waals surface area contributed by atoms with Gasteiger partial charge < -0.3 is 4.74 Å². The normalized spacial score (nSPS) is 11.0. The minimum Gasteiger partial charge on any atom is -0.494 e. The van der Waals surface area contributed by atoms with Crippen LogP contribution in [0.3, 0.4) is 0 Å². The highest BCUT2D eigenvalue weighted by atomic mass is 19.2. The van der Waals surface area contributed by atoms with Crippen LogP contribution in [0.1, 0.15) is 45.1 Å². The van der Waals surface area contributed by atoms with Gasteiger partial charge in [0.25, 0.3) is 0 Å². The molecule has 0 radical (unpaired) electrons. The summed E-state index contributed by atoms with van der Waals surface area (Å²) in [6, 6.07) is 26.5. The molecule has 0 atom stereocenters. The third-order valence-electron chi connectivity index (χ3n) is 6.36. The molecule has 0 heterocycles. The molecule has 0 spiro atoms. The second kappa shape index (κ2) is 11.8. The van der Waals surface area contributed by atoms with Gasteiger partial charge >= 0.3 is 0 Å². The zero-order chi connectivity index (χ0) is 24.6. The topological polar surface area (TPSA) is 9.23 Å². The number of benzene rings is 4. The van der Waals surface area contributed by atoms with Crippen LogP contribution in [0.25, 0.3) is 33.4 Å². The van der Waals surface area contributed by atoms with Crippen molar-refractivity contribution in [2.24, 2.45) is 0 Å². The molecule has 0 aliphatic rings. The smallest absolute Gasteiger partial charge is 0.167 e. The van der Waals surface area contributed by atoms with Gasteiger partial charge in [0, 0.05) is 11.1 Å². The lowest BCUT2D eigenvalue weighted by Crippen LogP contribution is -1.94. The van der Waals surface area contributed by atoms with E-state index in [1.807, 2.05) is 79.7 Å². The van der Waals surface area contributed by atoms with Crippen molar-refractivity contribution >= 4 is 0 Å². The molecule has 0 aliphatic heterocycles. The first-order chi connectivity index (χ1) is 17.1. The summed E-state index contributed by atoms with van der Waals surface area (Å²) >= 11 is 0. The summed E-state index contributed by atoms with van der Waals surface area (Å²) in [5, 5.41) is 0. The molecular formula is C32H32F2O. The lowest BCUT2D eigenvalue weighted by atomic mass is 9.96. The van der Waals surface area contributed by atoms with Gasteiger partial charge in [-0.25, -0.2) is 8.78 Å². The Morgan fingerprint density at radius 2 is 1.03 bits per heavy atom. The lowest BCUT2D eigenvalue weighted by Gasteiger charge is -2.11. The maximum absolute atomic E-state index is 15.1. The van der Waals surface area contributed by atoms with Crippen molar-refractivity contribution in [2.75, 3.05) is 6.61 Å². The Hall–Kier alpha value is -3.46. The number of hydrogen-bond acceptors (Lipinski definition) is 1. The third kappa shape index (κ3) is 5.97. The summed E-state index contributed by atoms with van der Waals surface area (Å²) in [7, 11) is 0. The van der Waals surface area contributed by atoms with Crippen LogP contribution >= 0.6 is 0 Å². The molecule has 35 heavy (non-hydrogen) atoms. The average Bonchev–Trinajstić information content (AvgIpc) is 2.90. The van der Waals surface area contributed by atoms with Crippen LogP contribution in [0.4, 0.5) is 8.78 Å². The molecular weight excluding hydrogens is 438 g/mol. The number of rotatable bonds is 10. The van der Waals surface area contributed by atoms with Crippen molar-refractivity contribution in [1.82, 2.24) is 0 Å². The summed E-state index contributed by atoms with van der Waals surface area (Å²) in [4.78, 5) is 0. The van der Waals surface area contributed by atoms with Crippen LogP contribution in [0.5, 0.6) is 5.75 Å². The van der Waals surface area contributed by atoms with Crippen molar-refractivity contribution in [2.45, 2.75) is 46.0 Å². The first kappa shape index (κ1) is 24.7. The summed E-state index contributed by atoms with van der Waals surface area (Å²) in [6.07, 6.45) is 5.86. The number of hydrogen-bond donors (Lipinski definition) is 0. The number of unbranched alkanes of at least 4 members (excludes halogenated alkanes) is 3. The third-order valence-corrected chi connectivity index (χ3v) is 6.36. The Balaban J connectivity index is 1.50. The van der Waals surface area contributed by atoms with E-state index >= 15 is 8.78 Å². The fourth-order valence-corrected chi connectivity index (χ4v) is 4.35. The SMILES string of the molecule is CCCCCCc1ccc(-c2ccc(-c3ccc(-c4ccc(OCC)cc4)cc3)c(F)c2F)cc1. The van der Waals surface area contributed by atoms with E-state index in [0.29, 0.717) is 17.7 Å². The maximum Gasteiger partial charge on any atom is 0.167 e. The van der Waals surface area contributed by atoms with Gasteiger partial charge in [-0.3, -0.25) is 0 Å². The first-order valence-corrected chi connectivity index (χ1v) is 12.5. The van der Waals surface area contributed by atoms with Crippen molar-refractivity contribution in [1.29, 1.82) is 0 Å². The second-order valence-electron chi connectivity index (χ2n) is 8.83. The van der Waals surface area contributed by atoms with Crippen LogP contribution in [0.2, 0.25) is 0 Å². The van der Waals surface area contributed by atoms with E-state index in [1.165, 1.54) is 24.8 Å². The first-order valence-electron chi connectivity index (χ1n) is 12.5. The summed E-state index contributed by atoms with van der Waals surface area (Å²) in [6.45, 7) is 4.78. The summed E-state index contributed by atoms with van der Waals surface area (Å²) < 4.78 is 35.7. The van der Waals surface area contributed by atoms with Crippen LogP contribution in [-0.2, 0) is 6.42 Å². The molecule has 4 aromatic rings. The molecule has 1 nitrogen and oxygen atoms in total. The Kier molecular flexibility index (Phi) is 8.31. The number of ether oxygens (including phenoxy) is 1. The van der Waals surface area contributed by atoms with Crippen LogP contribution in [-0.4, -0.2) is 6.61 Å². The Morgan fingerprint density at radius 1 is 0.543 bits per heavy atom. The van der Waals surface area contributed by atoms with Gasteiger partial charge in [-0.2, -0.15) is 0 Å². The molecule has 0 amide bonds. The van der Waals surface area contributed by atoms with Crippen molar-refractivity contribution in [3.63, 3.8) is 0 Å². The van der Waals surface area contributed by atoms with Gasteiger partial charge in [-0.1, -0.05) is 99.0 Å². The van der Waals surface area contributed by atoms with E-state index in [-0.39, 0.29) is 11.1 Å². The molecule has 0 aliphatic carbocycles. The molecule has 0 unspecified atom stereocenters. The lowest BCUT2D eigenvalue weighted by molar-refractivity contribution is 0.340.